The van der Waals surface area contributed by atoms with E-state index in [0.29, 0.717) is 6.54 Å². The van der Waals surface area contributed by atoms with Crippen LogP contribution in [0.15, 0.2) is 0 Å². The van der Waals surface area contributed by atoms with Crippen molar-refractivity contribution < 1.29 is 9.90 Å². The van der Waals surface area contributed by atoms with Gasteiger partial charge in [-0.15, -0.1) is 0 Å². The second-order valence-corrected chi connectivity index (χ2v) is 3.07. The number of hydrogen-bond acceptors (Lipinski definition) is 4. The molecule has 0 saturated heterocycles. The van der Waals surface area contributed by atoms with Crippen LogP contribution in [-0.4, -0.2) is 61.2 Å². The Labute approximate surface area is 78.2 Å². The molecule has 0 aromatic carbocycles. The monoisotopic (exact) mass is 185 g/mol. The summed E-state index contributed by atoms with van der Waals surface area (Å²) in [6.07, 6.45) is 0. The summed E-state index contributed by atoms with van der Waals surface area (Å²) in [5, 5.41) is 16.9. The van der Waals surface area contributed by atoms with Gasteiger partial charge in [-0.1, -0.05) is 0 Å². The first kappa shape index (κ1) is 11.9. The van der Waals surface area contributed by atoms with Gasteiger partial charge in [0.25, 0.3) is 0 Å². The van der Waals surface area contributed by atoms with Crippen LogP contribution in [-0.2, 0) is 4.79 Å². The predicted molar refractivity (Wildman–Crippen MR) is 48.2 cm³/mol. The van der Waals surface area contributed by atoms with Gasteiger partial charge in [-0.2, -0.15) is 5.26 Å². The molecule has 0 aliphatic rings. The van der Waals surface area contributed by atoms with E-state index >= 15 is 0 Å². The minimum atomic E-state index is -0.894. The molecule has 0 rings (SSSR count). The fourth-order valence-electron chi connectivity index (χ4n) is 0.847. The van der Waals surface area contributed by atoms with E-state index in [1.165, 1.54) is 0 Å². The Morgan fingerprint density at radius 2 is 2.08 bits per heavy atom. The van der Waals surface area contributed by atoms with E-state index in [4.69, 9.17) is 10.4 Å². The van der Waals surface area contributed by atoms with Crippen LogP contribution in [0.25, 0.3) is 0 Å². The summed E-state index contributed by atoms with van der Waals surface area (Å²) in [4.78, 5) is 13.9. The fraction of sp³-hybridized carbons (Fsp3) is 0.750. The number of carboxylic acid groups (broad SMARTS) is 1. The van der Waals surface area contributed by atoms with Crippen LogP contribution in [0.1, 0.15) is 0 Å². The van der Waals surface area contributed by atoms with Crippen molar-refractivity contribution in [3.05, 3.63) is 0 Å². The Balaban J connectivity index is 3.81. The second-order valence-electron chi connectivity index (χ2n) is 3.07. The zero-order chi connectivity index (χ0) is 10.3. The summed E-state index contributed by atoms with van der Waals surface area (Å²) in [6, 6.07) is 1.94. The van der Waals surface area contributed by atoms with E-state index in [0.717, 1.165) is 6.54 Å². The molecule has 1 N–H and O–H groups in total. The summed E-state index contributed by atoms with van der Waals surface area (Å²) in [5.74, 6) is -0.894. The third-order valence-corrected chi connectivity index (χ3v) is 1.52. The van der Waals surface area contributed by atoms with Gasteiger partial charge >= 0.3 is 5.97 Å². The first-order chi connectivity index (χ1) is 6.06. The van der Waals surface area contributed by atoms with Crippen molar-refractivity contribution in [1.82, 2.24) is 9.80 Å². The van der Waals surface area contributed by atoms with Gasteiger partial charge < -0.3 is 10.0 Å². The highest BCUT2D eigenvalue weighted by Gasteiger charge is 2.08. The van der Waals surface area contributed by atoms with Crippen molar-refractivity contribution in [3.63, 3.8) is 0 Å². The van der Waals surface area contributed by atoms with Crippen molar-refractivity contribution in [3.8, 4) is 6.07 Å². The van der Waals surface area contributed by atoms with Gasteiger partial charge in [0.2, 0.25) is 0 Å². The highest BCUT2D eigenvalue weighted by Crippen LogP contribution is 1.88. The van der Waals surface area contributed by atoms with Crippen LogP contribution in [0.3, 0.4) is 0 Å². The lowest BCUT2D eigenvalue weighted by Gasteiger charge is -2.18. The first-order valence-corrected chi connectivity index (χ1v) is 4.02. The molecule has 0 aliphatic carbocycles. The molecule has 0 aromatic heterocycles. The van der Waals surface area contributed by atoms with Crippen LogP contribution < -0.4 is 0 Å². The molecule has 74 valence electrons. The summed E-state index contributed by atoms with van der Waals surface area (Å²) >= 11 is 0. The van der Waals surface area contributed by atoms with E-state index in [1.54, 1.807) is 4.90 Å². The molecule has 0 atom stereocenters. The molecule has 5 heteroatoms. The summed E-state index contributed by atoms with van der Waals surface area (Å²) in [5.41, 5.74) is 0. The molecule has 0 heterocycles. The standard InChI is InChI=1S/C8H15N3O2/c1-10(2)5-6-11(4-3-9)7-8(12)13/h4-7H2,1-2H3,(H,12,13). The minimum absolute atomic E-state index is 0.0681. The lowest BCUT2D eigenvalue weighted by molar-refractivity contribution is -0.138. The molecular weight excluding hydrogens is 170 g/mol. The highest BCUT2D eigenvalue weighted by atomic mass is 16.4. The van der Waals surface area contributed by atoms with Crippen molar-refractivity contribution in [2.75, 3.05) is 40.3 Å². The molecule has 0 bridgehead atoms. The van der Waals surface area contributed by atoms with Gasteiger partial charge in [-0.05, 0) is 14.1 Å². The van der Waals surface area contributed by atoms with E-state index < -0.39 is 5.97 Å². The van der Waals surface area contributed by atoms with Gasteiger partial charge in [0.05, 0.1) is 19.2 Å². The molecule has 0 spiro atoms. The van der Waals surface area contributed by atoms with Gasteiger partial charge in [-0.25, -0.2) is 0 Å². The largest absolute Gasteiger partial charge is 0.480 e. The molecule has 0 radical (unpaired) electrons. The number of likely N-dealkylation sites (N-methyl/N-ethyl adjacent to an activating group) is 1. The second kappa shape index (κ2) is 6.40. The van der Waals surface area contributed by atoms with E-state index in [2.05, 4.69) is 0 Å². The van der Waals surface area contributed by atoms with Crippen LogP contribution in [0.4, 0.5) is 0 Å². The van der Waals surface area contributed by atoms with Gasteiger partial charge in [0.15, 0.2) is 0 Å². The number of aliphatic carboxylic acids is 1. The molecule has 0 fully saturated rings. The summed E-state index contributed by atoms with van der Waals surface area (Å²) in [6.45, 7) is 1.46. The van der Waals surface area contributed by atoms with Crippen LogP contribution in [0.2, 0.25) is 0 Å². The molecule has 0 unspecified atom stereocenters. The number of carboxylic acids is 1. The van der Waals surface area contributed by atoms with Crippen LogP contribution in [0.5, 0.6) is 0 Å². The molecule has 5 nitrogen and oxygen atoms in total. The lowest BCUT2D eigenvalue weighted by Crippen LogP contribution is -2.35. The highest BCUT2D eigenvalue weighted by molar-refractivity contribution is 5.69. The van der Waals surface area contributed by atoms with Crippen molar-refractivity contribution in [1.29, 1.82) is 5.26 Å². The quantitative estimate of drug-likeness (QED) is 0.563. The normalized spacial score (nSPS) is 10.4. The average Bonchev–Trinajstić information content (AvgIpc) is 1.99. The number of nitrogens with zero attached hydrogens (tertiary/aromatic N) is 3. The number of carbonyl (C=O) groups is 1. The average molecular weight is 185 g/mol. The Hall–Kier alpha value is -1.12. The topological polar surface area (TPSA) is 67.6 Å². The van der Waals surface area contributed by atoms with Crippen molar-refractivity contribution in [2.24, 2.45) is 0 Å². The summed E-state index contributed by atoms with van der Waals surface area (Å²) < 4.78 is 0. The fourth-order valence-corrected chi connectivity index (χ4v) is 0.847. The maximum Gasteiger partial charge on any atom is 0.317 e. The minimum Gasteiger partial charge on any atom is -0.480 e. The first-order valence-electron chi connectivity index (χ1n) is 4.02. The zero-order valence-electron chi connectivity index (χ0n) is 8.03. The number of hydrogen-bond donors (Lipinski definition) is 1. The smallest absolute Gasteiger partial charge is 0.317 e. The molecule has 0 saturated carbocycles. The molecular formula is C8H15N3O2. The van der Waals surface area contributed by atoms with Crippen LogP contribution >= 0.6 is 0 Å². The molecule has 0 amide bonds. The summed E-state index contributed by atoms with van der Waals surface area (Å²) in [7, 11) is 3.82. The van der Waals surface area contributed by atoms with E-state index in [-0.39, 0.29) is 13.1 Å². The molecule has 0 aromatic rings. The maximum absolute atomic E-state index is 10.4. The zero-order valence-corrected chi connectivity index (χ0v) is 8.03. The maximum atomic E-state index is 10.4. The Morgan fingerprint density at radius 3 is 2.46 bits per heavy atom. The molecule has 13 heavy (non-hydrogen) atoms. The predicted octanol–water partition coefficient (Wildman–Crippen LogP) is -0.542. The third kappa shape index (κ3) is 7.25. The van der Waals surface area contributed by atoms with E-state index in [1.807, 2.05) is 25.1 Å². The van der Waals surface area contributed by atoms with Crippen molar-refractivity contribution in [2.45, 2.75) is 0 Å². The van der Waals surface area contributed by atoms with Gasteiger partial charge in [0.1, 0.15) is 0 Å². The number of nitriles is 1. The Kier molecular flexibility index (Phi) is 5.85. The SMILES string of the molecule is CN(C)CCN(CC#N)CC(=O)O. The van der Waals surface area contributed by atoms with E-state index in [9.17, 15) is 4.79 Å². The number of rotatable bonds is 6. The molecule has 0 aliphatic heterocycles. The third-order valence-electron chi connectivity index (χ3n) is 1.52. The van der Waals surface area contributed by atoms with Gasteiger partial charge in [-0.3, -0.25) is 9.69 Å². The van der Waals surface area contributed by atoms with Crippen molar-refractivity contribution >= 4 is 5.97 Å². The van der Waals surface area contributed by atoms with Crippen LogP contribution in [0, 0.1) is 11.3 Å². The Morgan fingerprint density at radius 1 is 1.46 bits per heavy atom. The van der Waals surface area contributed by atoms with Gasteiger partial charge in [0, 0.05) is 13.1 Å². The lowest BCUT2D eigenvalue weighted by atomic mass is 10.4. The Bertz CT molecular complexity index is 198.